The molecule has 1 saturated heterocycles. The Bertz CT molecular complexity index is 699. The van der Waals surface area contributed by atoms with Gasteiger partial charge in [0.2, 0.25) is 0 Å². The van der Waals surface area contributed by atoms with E-state index >= 15 is 0 Å². The molecule has 118 valence electrons. The lowest BCUT2D eigenvalue weighted by atomic mass is 10.1. The molecular weight excluding hydrogens is 290 g/mol. The van der Waals surface area contributed by atoms with E-state index in [1.807, 2.05) is 6.07 Å². The Kier molecular flexibility index (Phi) is 3.76. The third-order valence-electron chi connectivity index (χ3n) is 3.75. The molecule has 0 unspecified atom stereocenters. The topological polar surface area (TPSA) is 111 Å². The zero-order valence-electron chi connectivity index (χ0n) is 12.1. The van der Waals surface area contributed by atoms with Gasteiger partial charge in [0.05, 0.1) is 26.4 Å². The number of anilines is 1. The number of hydrogen-bond acceptors (Lipinski definition) is 6. The molecule has 1 aliphatic heterocycles. The molecule has 1 fully saturated rings. The van der Waals surface area contributed by atoms with Crippen molar-refractivity contribution in [2.75, 3.05) is 25.9 Å². The zero-order chi connectivity index (χ0) is 15.7. The van der Waals surface area contributed by atoms with E-state index in [4.69, 9.17) is 24.8 Å². The largest absolute Gasteiger partial charge is 0.496 e. The van der Waals surface area contributed by atoms with Crippen LogP contribution in [-0.4, -0.2) is 47.6 Å². The number of methoxy groups -OCH3 is 1. The van der Waals surface area contributed by atoms with E-state index in [-0.39, 0.29) is 11.9 Å². The number of rotatable bonds is 4. The molecule has 22 heavy (non-hydrogen) atoms. The number of nitrogens with zero attached hydrogens (tertiary/aromatic N) is 2. The molecule has 8 heteroatoms. The monoisotopic (exact) mass is 307 g/mol. The van der Waals surface area contributed by atoms with Gasteiger partial charge in [0, 0.05) is 6.54 Å². The van der Waals surface area contributed by atoms with Gasteiger partial charge in [-0.1, -0.05) is 5.16 Å². The summed E-state index contributed by atoms with van der Waals surface area (Å²) in [6.07, 6.45) is -0.315. The second-order valence-electron chi connectivity index (χ2n) is 5.19. The van der Waals surface area contributed by atoms with Gasteiger partial charge < -0.3 is 29.7 Å². The second kappa shape index (κ2) is 5.72. The number of likely N-dealkylation sites (tertiary alicyclic amines) is 1. The van der Waals surface area contributed by atoms with Crippen molar-refractivity contribution in [3.05, 3.63) is 17.7 Å². The standard InChI is InChI=1S/C14H17N3O5/c1-20-10-4-8(5-11-12(10)13(15)16-22-11)7-21-9-2-3-17(6-9)14(18)19/h4-5,9H,2-3,6-7H2,1H3,(H2,15,16)(H,18,19)/t9-/m0/s1. The van der Waals surface area contributed by atoms with Crippen molar-refractivity contribution < 1.29 is 23.9 Å². The molecule has 3 N–H and O–H groups in total. The summed E-state index contributed by atoms with van der Waals surface area (Å²) >= 11 is 0. The molecule has 1 atom stereocenters. The summed E-state index contributed by atoms with van der Waals surface area (Å²) in [5.41, 5.74) is 7.13. The van der Waals surface area contributed by atoms with Crippen molar-refractivity contribution in [2.24, 2.45) is 0 Å². The molecule has 1 aromatic carbocycles. The number of nitrogens with two attached hydrogens (primary N) is 1. The highest BCUT2D eigenvalue weighted by Gasteiger charge is 2.26. The quantitative estimate of drug-likeness (QED) is 0.884. The van der Waals surface area contributed by atoms with Crippen LogP contribution in [0.15, 0.2) is 16.7 Å². The summed E-state index contributed by atoms with van der Waals surface area (Å²) in [5.74, 6) is 0.862. The zero-order valence-corrected chi connectivity index (χ0v) is 12.1. The van der Waals surface area contributed by atoms with E-state index in [2.05, 4.69) is 5.16 Å². The van der Waals surface area contributed by atoms with Crippen molar-refractivity contribution in [1.29, 1.82) is 0 Å². The molecule has 0 spiro atoms. The first-order chi connectivity index (χ1) is 10.6. The molecule has 1 amide bonds. The van der Waals surface area contributed by atoms with E-state index < -0.39 is 6.09 Å². The summed E-state index contributed by atoms with van der Waals surface area (Å²) in [4.78, 5) is 12.2. The maximum Gasteiger partial charge on any atom is 0.407 e. The maximum atomic E-state index is 10.9. The second-order valence-corrected chi connectivity index (χ2v) is 5.19. The average Bonchev–Trinajstić information content (AvgIpc) is 3.12. The minimum Gasteiger partial charge on any atom is -0.496 e. The number of fused-ring (bicyclic) bond motifs is 1. The minimum absolute atomic E-state index is 0.0995. The molecule has 0 bridgehead atoms. The average molecular weight is 307 g/mol. The Balaban J connectivity index is 1.71. The van der Waals surface area contributed by atoms with Crippen LogP contribution in [-0.2, 0) is 11.3 Å². The minimum atomic E-state index is -0.911. The highest BCUT2D eigenvalue weighted by atomic mass is 16.5. The fourth-order valence-corrected chi connectivity index (χ4v) is 2.61. The van der Waals surface area contributed by atoms with Gasteiger partial charge in [-0.2, -0.15) is 0 Å². The molecule has 1 aliphatic rings. The van der Waals surface area contributed by atoms with Crippen LogP contribution < -0.4 is 10.5 Å². The van der Waals surface area contributed by atoms with E-state index in [0.29, 0.717) is 42.8 Å². The van der Waals surface area contributed by atoms with E-state index in [9.17, 15) is 4.79 Å². The van der Waals surface area contributed by atoms with Crippen LogP contribution in [0.1, 0.15) is 12.0 Å². The third-order valence-corrected chi connectivity index (χ3v) is 3.75. The Morgan fingerprint density at radius 2 is 2.41 bits per heavy atom. The number of ether oxygens (including phenoxy) is 2. The van der Waals surface area contributed by atoms with Gasteiger partial charge in [0.1, 0.15) is 11.1 Å². The highest BCUT2D eigenvalue weighted by Crippen LogP contribution is 2.32. The fourth-order valence-electron chi connectivity index (χ4n) is 2.61. The van der Waals surface area contributed by atoms with E-state index in [0.717, 1.165) is 5.56 Å². The molecule has 2 heterocycles. The predicted octanol–water partition coefficient (Wildman–Crippen LogP) is 1.69. The Hall–Kier alpha value is -2.48. The van der Waals surface area contributed by atoms with Crippen LogP contribution in [0.2, 0.25) is 0 Å². The summed E-state index contributed by atoms with van der Waals surface area (Å²) in [6, 6.07) is 3.62. The number of nitrogen functional groups attached to an aromatic ring is 1. The molecule has 0 aliphatic carbocycles. The van der Waals surface area contributed by atoms with Crippen molar-refractivity contribution in [3.8, 4) is 5.75 Å². The molecule has 8 nitrogen and oxygen atoms in total. The Morgan fingerprint density at radius 1 is 1.59 bits per heavy atom. The van der Waals surface area contributed by atoms with Gasteiger partial charge in [0.25, 0.3) is 0 Å². The van der Waals surface area contributed by atoms with Gasteiger partial charge in [-0.15, -0.1) is 0 Å². The number of carboxylic acid groups (broad SMARTS) is 1. The van der Waals surface area contributed by atoms with Gasteiger partial charge >= 0.3 is 6.09 Å². The number of carbonyl (C=O) groups is 1. The lowest BCUT2D eigenvalue weighted by Gasteiger charge is -2.13. The van der Waals surface area contributed by atoms with Crippen LogP contribution in [0.4, 0.5) is 10.6 Å². The van der Waals surface area contributed by atoms with Gasteiger partial charge in [-0.3, -0.25) is 0 Å². The third kappa shape index (κ3) is 2.64. The normalized spacial score (nSPS) is 18.0. The first-order valence-corrected chi connectivity index (χ1v) is 6.89. The highest BCUT2D eigenvalue weighted by molar-refractivity contribution is 5.93. The Labute approximate surface area is 126 Å². The molecule has 2 aromatic rings. The Morgan fingerprint density at radius 3 is 3.09 bits per heavy atom. The number of amides is 1. The van der Waals surface area contributed by atoms with Crippen molar-refractivity contribution >= 4 is 22.9 Å². The van der Waals surface area contributed by atoms with Crippen LogP contribution in [0, 0.1) is 0 Å². The smallest absolute Gasteiger partial charge is 0.407 e. The maximum absolute atomic E-state index is 10.9. The van der Waals surface area contributed by atoms with E-state index in [1.54, 1.807) is 13.2 Å². The summed E-state index contributed by atoms with van der Waals surface area (Å²) in [7, 11) is 1.55. The van der Waals surface area contributed by atoms with Gasteiger partial charge in [0.15, 0.2) is 11.4 Å². The number of benzene rings is 1. The first kappa shape index (κ1) is 14.5. The fraction of sp³-hybridized carbons (Fsp3) is 0.429. The van der Waals surface area contributed by atoms with Crippen LogP contribution in [0.25, 0.3) is 11.0 Å². The molecule has 0 radical (unpaired) electrons. The summed E-state index contributed by atoms with van der Waals surface area (Å²) in [6.45, 7) is 1.23. The molecular formula is C14H17N3O5. The summed E-state index contributed by atoms with van der Waals surface area (Å²) in [5, 5.41) is 13.3. The SMILES string of the molecule is COc1cc(CO[C@H]2CCN(C(=O)O)C2)cc2onc(N)c12. The van der Waals surface area contributed by atoms with Crippen molar-refractivity contribution in [2.45, 2.75) is 19.1 Å². The van der Waals surface area contributed by atoms with Crippen LogP contribution in [0.3, 0.4) is 0 Å². The lowest BCUT2D eigenvalue weighted by Crippen LogP contribution is -2.28. The van der Waals surface area contributed by atoms with Crippen LogP contribution in [0.5, 0.6) is 5.75 Å². The van der Waals surface area contributed by atoms with E-state index in [1.165, 1.54) is 4.90 Å². The lowest BCUT2D eigenvalue weighted by molar-refractivity contribution is 0.0465. The number of hydrogen-bond donors (Lipinski definition) is 2. The molecule has 0 saturated carbocycles. The van der Waals surface area contributed by atoms with Crippen LogP contribution >= 0.6 is 0 Å². The first-order valence-electron chi connectivity index (χ1n) is 6.89. The number of aromatic nitrogens is 1. The summed E-state index contributed by atoms with van der Waals surface area (Å²) < 4.78 is 16.2. The molecule has 1 aromatic heterocycles. The van der Waals surface area contributed by atoms with Crippen molar-refractivity contribution in [3.63, 3.8) is 0 Å². The molecule has 3 rings (SSSR count). The van der Waals surface area contributed by atoms with Crippen molar-refractivity contribution in [1.82, 2.24) is 10.1 Å². The predicted molar refractivity (Wildman–Crippen MR) is 77.8 cm³/mol. The van der Waals surface area contributed by atoms with Gasteiger partial charge in [-0.05, 0) is 24.1 Å². The van der Waals surface area contributed by atoms with Gasteiger partial charge in [-0.25, -0.2) is 4.79 Å².